The summed E-state index contributed by atoms with van der Waals surface area (Å²) in [6, 6.07) is 5.85. The Morgan fingerprint density at radius 3 is 3.15 bits per heavy atom. The predicted molar refractivity (Wildman–Crippen MR) is 61.9 cm³/mol. The molecule has 2 rings (SSSR count). The van der Waals surface area contributed by atoms with Crippen LogP contribution in [-0.4, -0.2) is 17.3 Å². The molecule has 1 aliphatic heterocycles. The third kappa shape index (κ3) is 1.98. The second kappa shape index (κ2) is 3.86. The van der Waals surface area contributed by atoms with Crippen molar-refractivity contribution in [3.63, 3.8) is 0 Å². The first-order valence-corrected chi connectivity index (χ1v) is 5.75. The monoisotopic (exact) mass is 229 g/mol. The fraction of sp³-hybridized carbons (Fsp3) is 0.222. The van der Waals surface area contributed by atoms with Gasteiger partial charge in [0.05, 0.1) is 0 Å². The standard InChI is InChI=1S/C9H8ClNS2/c10-6-1-2-8-7(5-6)9(12)11-3-4-13-8/h1-2,5H,3-4H2,(H,11,12). The minimum Gasteiger partial charge on any atom is -0.375 e. The Morgan fingerprint density at radius 1 is 1.46 bits per heavy atom. The Kier molecular flexibility index (Phi) is 2.77. The van der Waals surface area contributed by atoms with Crippen molar-refractivity contribution in [2.24, 2.45) is 0 Å². The summed E-state index contributed by atoms with van der Waals surface area (Å²) in [7, 11) is 0. The molecule has 0 atom stereocenters. The topological polar surface area (TPSA) is 12.0 Å². The lowest BCUT2D eigenvalue weighted by Crippen LogP contribution is -2.22. The normalized spacial score (nSPS) is 15.9. The van der Waals surface area contributed by atoms with Crippen LogP contribution in [-0.2, 0) is 0 Å². The van der Waals surface area contributed by atoms with E-state index in [0.717, 1.165) is 27.9 Å². The first kappa shape index (κ1) is 9.31. The van der Waals surface area contributed by atoms with E-state index in [4.69, 9.17) is 23.8 Å². The maximum absolute atomic E-state index is 5.90. The number of rotatable bonds is 0. The Hall–Kier alpha value is -0.250. The van der Waals surface area contributed by atoms with E-state index >= 15 is 0 Å². The van der Waals surface area contributed by atoms with Crippen molar-refractivity contribution >= 4 is 40.6 Å². The number of thiocarbonyl (C=S) groups is 1. The van der Waals surface area contributed by atoms with E-state index in [1.165, 1.54) is 4.90 Å². The van der Waals surface area contributed by atoms with Gasteiger partial charge in [-0.15, -0.1) is 11.8 Å². The van der Waals surface area contributed by atoms with E-state index in [1.54, 1.807) is 0 Å². The van der Waals surface area contributed by atoms with Crippen molar-refractivity contribution in [3.8, 4) is 0 Å². The summed E-state index contributed by atoms with van der Waals surface area (Å²) in [5.74, 6) is 1.05. The molecule has 0 unspecified atom stereocenters. The molecular weight excluding hydrogens is 222 g/mol. The van der Waals surface area contributed by atoms with Gasteiger partial charge in [-0.2, -0.15) is 0 Å². The molecule has 0 spiro atoms. The molecule has 1 nitrogen and oxygen atoms in total. The van der Waals surface area contributed by atoms with Gasteiger partial charge >= 0.3 is 0 Å². The number of thioether (sulfide) groups is 1. The van der Waals surface area contributed by atoms with E-state index < -0.39 is 0 Å². The Labute approximate surface area is 91.9 Å². The van der Waals surface area contributed by atoms with Gasteiger partial charge in [0, 0.05) is 27.8 Å². The quantitative estimate of drug-likeness (QED) is 0.688. The molecule has 0 saturated carbocycles. The zero-order chi connectivity index (χ0) is 9.26. The number of hydrogen-bond donors (Lipinski definition) is 1. The van der Waals surface area contributed by atoms with Gasteiger partial charge in [0.1, 0.15) is 4.99 Å². The Bertz CT molecular complexity index is 351. The van der Waals surface area contributed by atoms with Crippen LogP contribution in [0.1, 0.15) is 5.56 Å². The Balaban J connectivity index is 2.49. The zero-order valence-corrected chi connectivity index (χ0v) is 9.23. The molecule has 1 aromatic carbocycles. The van der Waals surface area contributed by atoms with Crippen molar-refractivity contribution in [1.29, 1.82) is 0 Å². The number of hydrogen-bond acceptors (Lipinski definition) is 2. The summed E-state index contributed by atoms with van der Waals surface area (Å²) in [4.78, 5) is 2.03. The summed E-state index contributed by atoms with van der Waals surface area (Å²) < 4.78 is 0. The summed E-state index contributed by atoms with van der Waals surface area (Å²) >= 11 is 12.9. The third-order valence-corrected chi connectivity index (χ3v) is 3.51. The van der Waals surface area contributed by atoms with Crippen molar-refractivity contribution in [2.45, 2.75) is 4.90 Å². The summed E-state index contributed by atoms with van der Waals surface area (Å²) in [6.07, 6.45) is 0. The molecule has 0 fully saturated rings. The summed E-state index contributed by atoms with van der Waals surface area (Å²) in [5, 5.41) is 3.92. The molecule has 13 heavy (non-hydrogen) atoms. The maximum atomic E-state index is 5.90. The van der Waals surface area contributed by atoms with Gasteiger partial charge in [0.2, 0.25) is 0 Å². The van der Waals surface area contributed by atoms with Crippen LogP contribution >= 0.6 is 35.6 Å². The van der Waals surface area contributed by atoms with E-state index in [-0.39, 0.29) is 0 Å². The van der Waals surface area contributed by atoms with Gasteiger partial charge in [-0.1, -0.05) is 23.8 Å². The SMILES string of the molecule is S=C1NCCSc2ccc(Cl)cc21. The largest absolute Gasteiger partial charge is 0.375 e. The minimum absolute atomic E-state index is 0.741. The first-order chi connectivity index (χ1) is 6.27. The lowest BCUT2D eigenvalue weighted by Gasteiger charge is -2.05. The van der Waals surface area contributed by atoms with Crippen LogP contribution in [0.15, 0.2) is 23.1 Å². The van der Waals surface area contributed by atoms with Gasteiger partial charge in [0.15, 0.2) is 0 Å². The van der Waals surface area contributed by atoms with Crippen LogP contribution in [0.5, 0.6) is 0 Å². The van der Waals surface area contributed by atoms with Crippen LogP contribution in [0.4, 0.5) is 0 Å². The second-order valence-electron chi connectivity index (χ2n) is 2.74. The average molecular weight is 230 g/mol. The summed E-state index contributed by atoms with van der Waals surface area (Å²) in [6.45, 7) is 0.926. The van der Waals surface area contributed by atoms with Crippen molar-refractivity contribution in [3.05, 3.63) is 28.8 Å². The molecule has 1 N–H and O–H groups in total. The molecule has 68 valence electrons. The highest BCUT2D eigenvalue weighted by molar-refractivity contribution is 7.99. The highest BCUT2D eigenvalue weighted by Crippen LogP contribution is 2.27. The van der Waals surface area contributed by atoms with Crippen LogP contribution < -0.4 is 5.32 Å². The van der Waals surface area contributed by atoms with Gasteiger partial charge in [-0.05, 0) is 18.2 Å². The van der Waals surface area contributed by atoms with E-state index in [2.05, 4.69) is 5.32 Å². The smallest absolute Gasteiger partial charge is 0.107 e. The van der Waals surface area contributed by atoms with Crippen molar-refractivity contribution < 1.29 is 0 Å². The minimum atomic E-state index is 0.741. The van der Waals surface area contributed by atoms with Crippen molar-refractivity contribution in [2.75, 3.05) is 12.3 Å². The van der Waals surface area contributed by atoms with Gasteiger partial charge in [0.25, 0.3) is 0 Å². The first-order valence-electron chi connectivity index (χ1n) is 3.98. The van der Waals surface area contributed by atoms with Gasteiger partial charge in [-0.3, -0.25) is 0 Å². The lowest BCUT2D eigenvalue weighted by atomic mass is 10.2. The van der Waals surface area contributed by atoms with E-state index in [9.17, 15) is 0 Å². The van der Waals surface area contributed by atoms with Crippen molar-refractivity contribution in [1.82, 2.24) is 5.32 Å². The molecule has 1 heterocycles. The second-order valence-corrected chi connectivity index (χ2v) is 4.73. The molecule has 1 aromatic rings. The van der Waals surface area contributed by atoms with Crippen LogP contribution in [0.25, 0.3) is 0 Å². The number of benzene rings is 1. The maximum Gasteiger partial charge on any atom is 0.107 e. The molecular formula is C9H8ClNS2. The molecule has 0 bridgehead atoms. The highest BCUT2D eigenvalue weighted by Gasteiger charge is 2.12. The van der Waals surface area contributed by atoms with Crippen LogP contribution in [0, 0.1) is 0 Å². The molecule has 1 aliphatic rings. The fourth-order valence-corrected chi connectivity index (χ4v) is 2.64. The van der Waals surface area contributed by atoms with E-state index in [0.29, 0.717) is 0 Å². The zero-order valence-electron chi connectivity index (χ0n) is 6.84. The molecule has 0 amide bonds. The van der Waals surface area contributed by atoms with Gasteiger partial charge in [-0.25, -0.2) is 0 Å². The molecule has 4 heteroatoms. The number of fused-ring (bicyclic) bond motifs is 1. The van der Waals surface area contributed by atoms with Crippen LogP contribution in [0.2, 0.25) is 5.02 Å². The molecule has 0 radical (unpaired) electrons. The molecule has 0 aliphatic carbocycles. The molecule has 0 saturated heterocycles. The predicted octanol–water partition coefficient (Wildman–Crippen LogP) is 2.71. The number of halogens is 1. The third-order valence-electron chi connectivity index (χ3n) is 1.83. The van der Waals surface area contributed by atoms with Crippen LogP contribution in [0.3, 0.4) is 0 Å². The number of nitrogens with one attached hydrogen (secondary N) is 1. The fourth-order valence-electron chi connectivity index (χ4n) is 1.23. The Morgan fingerprint density at radius 2 is 2.31 bits per heavy atom. The lowest BCUT2D eigenvalue weighted by molar-refractivity contribution is 1.000. The average Bonchev–Trinajstić information content (AvgIpc) is 2.29. The highest BCUT2D eigenvalue weighted by atomic mass is 35.5. The van der Waals surface area contributed by atoms with E-state index in [1.807, 2.05) is 30.0 Å². The summed E-state index contributed by atoms with van der Waals surface area (Å²) in [5.41, 5.74) is 1.06. The van der Waals surface area contributed by atoms with Gasteiger partial charge < -0.3 is 5.32 Å². The molecule has 0 aromatic heterocycles.